The third kappa shape index (κ3) is 9.04. The van der Waals surface area contributed by atoms with Crippen molar-refractivity contribution in [3.05, 3.63) is 72.3 Å². The number of hydrogen-bond acceptors (Lipinski definition) is 12. The molecule has 0 amide bonds. The minimum Gasteiger partial charge on any atom is -0.493 e. The molecule has 2 atom stereocenters. The first kappa shape index (κ1) is 34.9. The van der Waals surface area contributed by atoms with Crippen LogP contribution in [0, 0.1) is 0 Å². The van der Waals surface area contributed by atoms with E-state index in [0.29, 0.717) is 33.7 Å². The van der Waals surface area contributed by atoms with Gasteiger partial charge < -0.3 is 38.4 Å². The molecule has 2 unspecified atom stereocenters. The van der Waals surface area contributed by atoms with Crippen molar-refractivity contribution in [3.63, 3.8) is 0 Å². The second-order valence-corrected chi connectivity index (χ2v) is 12.4. The zero-order valence-corrected chi connectivity index (χ0v) is 29.2. The summed E-state index contributed by atoms with van der Waals surface area (Å²) >= 11 is 0. The lowest BCUT2D eigenvalue weighted by molar-refractivity contribution is -0.0504. The molecule has 2 aromatic carbocycles. The number of alkyl halides is 4. The Labute approximate surface area is 300 Å². The van der Waals surface area contributed by atoms with Gasteiger partial charge in [0, 0.05) is 39.4 Å². The topological polar surface area (TPSA) is 173 Å². The Bertz CT molecular complexity index is 2300. The predicted molar refractivity (Wildman–Crippen MR) is 180 cm³/mol. The molecule has 6 aromatic rings. The molecule has 6 rings (SSSR count). The minimum absolute atomic E-state index is 0.00656. The molecule has 52 heavy (non-hydrogen) atoms. The number of rotatable bonds is 14. The summed E-state index contributed by atoms with van der Waals surface area (Å²) in [5.41, 5.74) is -0.759. The number of ether oxygens (including phenoxy) is 6. The SMILES string of the molecule is COc1ccnc(CS(=O)c2nc3ccc(OC(F)F)cc3[nH]2)c1OC.[2H]C([2H])(c1nccc(OC)c1OC)S(=O)c1nc2ccc(OC(F)F)cc2[nH]1. The maximum Gasteiger partial charge on any atom is 0.387 e. The summed E-state index contributed by atoms with van der Waals surface area (Å²) in [6, 6.07) is 11.3. The molecule has 4 heterocycles. The van der Waals surface area contributed by atoms with E-state index < -0.39 is 40.5 Å². The third-order valence-electron chi connectivity index (χ3n) is 6.82. The number of benzene rings is 2. The van der Waals surface area contributed by atoms with E-state index in [2.05, 4.69) is 39.4 Å². The van der Waals surface area contributed by atoms with Crippen LogP contribution in [-0.2, 0) is 33.1 Å². The molecule has 0 aliphatic carbocycles. The first-order chi connectivity index (χ1) is 25.8. The molecular weight excluding hydrogens is 737 g/mol. The van der Waals surface area contributed by atoms with Gasteiger partial charge in [-0.2, -0.15) is 17.6 Å². The van der Waals surface area contributed by atoms with Gasteiger partial charge in [-0.1, -0.05) is 0 Å². The van der Waals surface area contributed by atoms with Gasteiger partial charge in [-0.05, 0) is 24.3 Å². The van der Waals surface area contributed by atoms with Crippen molar-refractivity contribution in [1.82, 2.24) is 29.9 Å². The van der Waals surface area contributed by atoms with Gasteiger partial charge in [-0.3, -0.25) is 18.4 Å². The second-order valence-electron chi connectivity index (χ2n) is 9.95. The van der Waals surface area contributed by atoms with Crippen LogP contribution in [0.4, 0.5) is 17.6 Å². The summed E-state index contributed by atoms with van der Waals surface area (Å²) in [6.07, 6.45) is 2.83. The van der Waals surface area contributed by atoms with E-state index in [0.717, 1.165) is 0 Å². The Morgan fingerprint density at radius 2 is 1.13 bits per heavy atom. The Morgan fingerprint density at radius 3 is 1.60 bits per heavy atom. The lowest BCUT2D eigenvalue weighted by Crippen LogP contribution is -2.04. The number of pyridine rings is 2. The third-order valence-corrected chi connectivity index (χ3v) is 8.90. The largest absolute Gasteiger partial charge is 0.493 e. The average molecular weight is 769 g/mol. The molecule has 0 radical (unpaired) electrons. The van der Waals surface area contributed by atoms with Gasteiger partial charge in [0.15, 0.2) is 33.3 Å². The molecule has 0 aliphatic rings. The molecule has 0 saturated heterocycles. The highest BCUT2D eigenvalue weighted by atomic mass is 32.2. The Morgan fingerprint density at radius 1 is 0.673 bits per heavy atom. The summed E-state index contributed by atoms with van der Waals surface area (Å²) in [6.45, 7) is -5.91. The van der Waals surface area contributed by atoms with Crippen LogP contribution in [0.15, 0.2) is 71.2 Å². The number of nitrogens with zero attached hydrogens (tertiary/aromatic N) is 4. The highest BCUT2D eigenvalue weighted by Gasteiger charge is 2.19. The Kier molecular flexibility index (Phi) is 11.5. The quantitative estimate of drug-likeness (QED) is 0.128. The molecule has 4 aromatic heterocycles. The van der Waals surface area contributed by atoms with Gasteiger partial charge >= 0.3 is 13.2 Å². The van der Waals surface area contributed by atoms with Crippen molar-refractivity contribution < 1.29 is 57.1 Å². The Balaban J connectivity index is 0.000000208. The summed E-state index contributed by atoms with van der Waals surface area (Å²) in [7, 11) is 1.76. The predicted octanol–water partition coefficient (Wildman–Crippen LogP) is 5.77. The molecule has 20 heteroatoms. The Hall–Kier alpha value is -5.50. The molecular formula is C32H30F4N6O8S2. The van der Waals surface area contributed by atoms with Crippen LogP contribution >= 0.6 is 0 Å². The van der Waals surface area contributed by atoms with Crippen LogP contribution in [0.2, 0.25) is 0 Å². The van der Waals surface area contributed by atoms with Crippen LogP contribution in [0.1, 0.15) is 14.1 Å². The van der Waals surface area contributed by atoms with Crippen molar-refractivity contribution >= 4 is 43.7 Å². The first-order valence-electron chi connectivity index (χ1n) is 15.6. The maximum atomic E-state index is 12.9. The normalized spacial score (nSPS) is 13.2. The van der Waals surface area contributed by atoms with Crippen LogP contribution < -0.4 is 28.4 Å². The maximum absolute atomic E-state index is 12.9. The summed E-state index contributed by atoms with van der Waals surface area (Å²) in [4.78, 5) is 22.0. The van der Waals surface area contributed by atoms with Gasteiger partial charge in [0.2, 0.25) is 0 Å². The molecule has 0 spiro atoms. The second kappa shape index (κ2) is 17.1. The van der Waals surface area contributed by atoms with Crippen molar-refractivity contribution in [2.45, 2.75) is 35.0 Å². The molecule has 0 aliphatic heterocycles. The van der Waals surface area contributed by atoms with E-state index in [-0.39, 0.29) is 50.3 Å². The van der Waals surface area contributed by atoms with Gasteiger partial charge in [0.05, 0.1) is 95.0 Å². The van der Waals surface area contributed by atoms with E-state index in [4.69, 9.17) is 21.7 Å². The number of fused-ring (bicyclic) bond motifs is 2. The van der Waals surface area contributed by atoms with Crippen LogP contribution in [-0.4, -0.2) is 80.0 Å². The van der Waals surface area contributed by atoms with Gasteiger partial charge in [0.1, 0.15) is 11.5 Å². The van der Waals surface area contributed by atoms with E-state index in [1.54, 1.807) is 6.07 Å². The zero-order chi connectivity index (χ0) is 39.2. The summed E-state index contributed by atoms with van der Waals surface area (Å²) in [5, 5.41) is 0.00161. The van der Waals surface area contributed by atoms with Crippen molar-refractivity contribution in [1.29, 1.82) is 0 Å². The molecule has 276 valence electrons. The number of aromatic amines is 2. The van der Waals surface area contributed by atoms with Crippen LogP contribution in [0.5, 0.6) is 34.5 Å². The monoisotopic (exact) mass is 768 g/mol. The fraction of sp³-hybridized carbons (Fsp3) is 0.250. The number of halogens is 4. The van der Waals surface area contributed by atoms with Crippen molar-refractivity contribution in [2.75, 3.05) is 28.4 Å². The number of hydrogen-bond donors (Lipinski definition) is 2. The van der Waals surface area contributed by atoms with Crippen LogP contribution in [0.25, 0.3) is 22.1 Å². The zero-order valence-electron chi connectivity index (χ0n) is 29.5. The fourth-order valence-corrected chi connectivity index (χ4v) is 6.44. The fourth-order valence-electron chi connectivity index (χ4n) is 4.62. The molecule has 0 fully saturated rings. The lowest BCUT2D eigenvalue weighted by Gasteiger charge is -2.10. The molecule has 0 bridgehead atoms. The number of aromatic nitrogens is 6. The molecule has 2 N–H and O–H groups in total. The van der Waals surface area contributed by atoms with E-state index in [9.17, 15) is 26.0 Å². The summed E-state index contributed by atoms with van der Waals surface area (Å²) in [5.74, 6) is 1.03. The van der Waals surface area contributed by atoms with E-state index in [1.807, 2.05) is 0 Å². The minimum atomic E-state index is -2.99. The number of imidazole rings is 2. The number of methoxy groups -OCH3 is 4. The number of H-pyrrole nitrogens is 2. The smallest absolute Gasteiger partial charge is 0.387 e. The average Bonchev–Trinajstić information content (AvgIpc) is 3.78. The van der Waals surface area contributed by atoms with Crippen molar-refractivity contribution in [2.24, 2.45) is 0 Å². The molecule has 14 nitrogen and oxygen atoms in total. The van der Waals surface area contributed by atoms with Gasteiger partial charge in [-0.15, -0.1) is 0 Å². The van der Waals surface area contributed by atoms with E-state index in [1.165, 1.54) is 83.3 Å². The van der Waals surface area contributed by atoms with Gasteiger partial charge in [0.25, 0.3) is 0 Å². The van der Waals surface area contributed by atoms with Crippen molar-refractivity contribution in [3.8, 4) is 34.5 Å². The van der Waals surface area contributed by atoms with Crippen LogP contribution in [0.3, 0.4) is 0 Å². The number of nitrogens with one attached hydrogen (secondary N) is 2. The first-order valence-corrected chi connectivity index (χ1v) is 17.1. The highest BCUT2D eigenvalue weighted by Crippen LogP contribution is 2.32. The standard InChI is InChI=1S/2C16H15F2N3O4S/c2*1-23-13-5-6-19-12(14(13)24-2)8-26(22)16-20-10-4-3-9(25-15(17)18)7-11(10)21-16/h2*3-7,15H,8H2,1-2H3,(H,20,21)/i8D2;. The summed E-state index contributed by atoms with van der Waals surface area (Å²) < 4.78 is 121. The lowest BCUT2D eigenvalue weighted by atomic mass is 10.3. The van der Waals surface area contributed by atoms with E-state index >= 15 is 0 Å². The molecule has 0 saturated carbocycles. The van der Waals surface area contributed by atoms with Gasteiger partial charge in [-0.25, -0.2) is 9.97 Å². The highest BCUT2D eigenvalue weighted by molar-refractivity contribution is 7.84.